The van der Waals surface area contributed by atoms with Gasteiger partial charge in [-0.2, -0.15) is 0 Å². The molecule has 0 fully saturated rings. The third-order valence-corrected chi connectivity index (χ3v) is 3.86. The van der Waals surface area contributed by atoms with Crippen LogP contribution in [0.4, 0.5) is 0 Å². The molecular weight excluding hydrogens is 325 g/mol. The molecule has 0 saturated heterocycles. The number of rotatable bonds is 2. The predicted molar refractivity (Wildman–Crippen MR) is 87.0 cm³/mol. The van der Waals surface area contributed by atoms with E-state index in [0.29, 0.717) is 32.2 Å². The molecule has 0 radical (unpaired) electrons. The summed E-state index contributed by atoms with van der Waals surface area (Å²) in [5, 5.41) is 10.3. The summed E-state index contributed by atoms with van der Waals surface area (Å²) in [7, 11) is 0. The van der Waals surface area contributed by atoms with Crippen LogP contribution < -0.4 is 5.43 Å². The molecule has 110 valence electrons. The highest BCUT2D eigenvalue weighted by Gasteiger charge is 2.10. The first-order chi connectivity index (χ1) is 10.5. The molecule has 0 aliphatic carbocycles. The Morgan fingerprint density at radius 1 is 1.05 bits per heavy atom. The lowest BCUT2D eigenvalue weighted by Gasteiger charge is -2.07. The standard InChI is InChI=1S/C16H9Cl2NO3/c17-9-2-3-12(18)10(6-9)14-7-15(20)11-5-8(16(21)22)1-4-13(11)19-14/h1-7H,(H,19,20)(H,21,22). The molecule has 22 heavy (non-hydrogen) atoms. The van der Waals surface area contributed by atoms with E-state index >= 15 is 0 Å². The van der Waals surface area contributed by atoms with Gasteiger partial charge in [0.25, 0.3) is 0 Å². The second-order valence-corrected chi connectivity index (χ2v) is 5.58. The molecule has 1 aromatic heterocycles. The molecule has 0 unspecified atom stereocenters. The molecule has 2 N–H and O–H groups in total. The largest absolute Gasteiger partial charge is 0.478 e. The number of aromatic amines is 1. The van der Waals surface area contributed by atoms with Gasteiger partial charge in [-0.3, -0.25) is 4.79 Å². The number of hydrogen-bond acceptors (Lipinski definition) is 2. The molecule has 3 aromatic rings. The van der Waals surface area contributed by atoms with Crippen molar-refractivity contribution in [3.63, 3.8) is 0 Å². The van der Waals surface area contributed by atoms with Crippen molar-refractivity contribution in [1.82, 2.24) is 4.98 Å². The second-order valence-electron chi connectivity index (χ2n) is 4.74. The van der Waals surface area contributed by atoms with E-state index in [0.717, 1.165) is 0 Å². The summed E-state index contributed by atoms with van der Waals surface area (Å²) in [6.45, 7) is 0. The smallest absolute Gasteiger partial charge is 0.335 e. The van der Waals surface area contributed by atoms with Crippen molar-refractivity contribution in [3.8, 4) is 11.3 Å². The van der Waals surface area contributed by atoms with E-state index < -0.39 is 5.97 Å². The Kier molecular flexibility index (Phi) is 3.64. The van der Waals surface area contributed by atoms with Gasteiger partial charge in [-0.05, 0) is 36.4 Å². The van der Waals surface area contributed by atoms with Gasteiger partial charge in [-0.15, -0.1) is 0 Å². The first-order valence-corrected chi connectivity index (χ1v) is 7.07. The highest BCUT2D eigenvalue weighted by atomic mass is 35.5. The number of pyridine rings is 1. The summed E-state index contributed by atoms with van der Waals surface area (Å²) < 4.78 is 0. The van der Waals surface area contributed by atoms with Crippen LogP contribution in [-0.2, 0) is 0 Å². The van der Waals surface area contributed by atoms with Gasteiger partial charge in [0.1, 0.15) is 0 Å². The lowest BCUT2D eigenvalue weighted by Crippen LogP contribution is -2.05. The summed E-state index contributed by atoms with van der Waals surface area (Å²) >= 11 is 12.1. The average molecular weight is 334 g/mol. The third kappa shape index (κ3) is 2.58. The zero-order valence-electron chi connectivity index (χ0n) is 11.1. The van der Waals surface area contributed by atoms with Crippen molar-refractivity contribution in [1.29, 1.82) is 0 Å². The van der Waals surface area contributed by atoms with Gasteiger partial charge >= 0.3 is 5.97 Å². The monoisotopic (exact) mass is 333 g/mol. The Bertz CT molecular complexity index is 963. The van der Waals surface area contributed by atoms with E-state index in [9.17, 15) is 9.59 Å². The summed E-state index contributed by atoms with van der Waals surface area (Å²) in [6, 6.07) is 10.7. The molecule has 1 heterocycles. The fourth-order valence-electron chi connectivity index (χ4n) is 2.23. The quantitative estimate of drug-likeness (QED) is 0.738. The van der Waals surface area contributed by atoms with E-state index in [1.165, 1.54) is 18.2 Å². The summed E-state index contributed by atoms with van der Waals surface area (Å²) in [5.74, 6) is -1.08. The van der Waals surface area contributed by atoms with Gasteiger partial charge < -0.3 is 10.1 Å². The van der Waals surface area contributed by atoms with Gasteiger partial charge in [0, 0.05) is 32.6 Å². The van der Waals surface area contributed by atoms with E-state index in [2.05, 4.69) is 4.98 Å². The third-order valence-electron chi connectivity index (χ3n) is 3.30. The number of hydrogen-bond donors (Lipinski definition) is 2. The minimum atomic E-state index is -1.08. The molecule has 6 heteroatoms. The van der Waals surface area contributed by atoms with E-state index in [1.807, 2.05) is 0 Å². The van der Waals surface area contributed by atoms with Gasteiger partial charge in [0.05, 0.1) is 11.3 Å². The van der Waals surface area contributed by atoms with Crippen molar-refractivity contribution in [2.45, 2.75) is 0 Å². The average Bonchev–Trinajstić information content (AvgIpc) is 2.49. The van der Waals surface area contributed by atoms with Crippen molar-refractivity contribution in [2.75, 3.05) is 0 Å². The maximum atomic E-state index is 12.3. The van der Waals surface area contributed by atoms with Crippen LogP contribution in [0.3, 0.4) is 0 Å². The van der Waals surface area contributed by atoms with Crippen LogP contribution in [0.5, 0.6) is 0 Å². The zero-order chi connectivity index (χ0) is 15.9. The Morgan fingerprint density at radius 2 is 1.82 bits per heavy atom. The number of fused-ring (bicyclic) bond motifs is 1. The van der Waals surface area contributed by atoms with Crippen LogP contribution >= 0.6 is 23.2 Å². The number of halogens is 2. The van der Waals surface area contributed by atoms with Crippen LogP contribution in [-0.4, -0.2) is 16.1 Å². The molecule has 3 rings (SSSR count). The Labute approximate surface area is 134 Å². The second kappa shape index (κ2) is 5.48. The van der Waals surface area contributed by atoms with Crippen molar-refractivity contribution in [3.05, 3.63) is 68.3 Å². The van der Waals surface area contributed by atoms with Gasteiger partial charge in [0.15, 0.2) is 5.43 Å². The lowest BCUT2D eigenvalue weighted by atomic mass is 10.1. The van der Waals surface area contributed by atoms with Gasteiger partial charge in [0.2, 0.25) is 0 Å². The maximum absolute atomic E-state index is 12.3. The summed E-state index contributed by atoms with van der Waals surface area (Å²) in [5.41, 5.74) is 1.43. The Morgan fingerprint density at radius 3 is 2.55 bits per heavy atom. The van der Waals surface area contributed by atoms with Crippen LogP contribution in [0.2, 0.25) is 10.0 Å². The minimum absolute atomic E-state index is 0.0616. The van der Waals surface area contributed by atoms with E-state index in [1.54, 1.807) is 24.3 Å². The molecule has 0 amide bonds. The molecule has 2 aromatic carbocycles. The highest BCUT2D eigenvalue weighted by Crippen LogP contribution is 2.29. The van der Waals surface area contributed by atoms with E-state index in [4.69, 9.17) is 28.3 Å². The van der Waals surface area contributed by atoms with E-state index in [-0.39, 0.29) is 11.0 Å². The molecule has 0 aliphatic heterocycles. The number of nitrogens with one attached hydrogen (secondary N) is 1. The fourth-order valence-corrected chi connectivity index (χ4v) is 2.62. The number of carbonyl (C=O) groups is 1. The molecule has 0 atom stereocenters. The van der Waals surface area contributed by atoms with Gasteiger partial charge in [-0.25, -0.2) is 4.79 Å². The van der Waals surface area contributed by atoms with Crippen molar-refractivity contribution < 1.29 is 9.90 Å². The number of carboxylic acid groups (broad SMARTS) is 1. The summed E-state index contributed by atoms with van der Waals surface area (Å²) in [4.78, 5) is 26.3. The number of aromatic carboxylic acids is 1. The number of benzene rings is 2. The maximum Gasteiger partial charge on any atom is 0.335 e. The molecule has 0 bridgehead atoms. The number of H-pyrrole nitrogens is 1. The first kappa shape index (κ1) is 14.6. The predicted octanol–water partition coefficient (Wildman–Crippen LogP) is 4.20. The van der Waals surface area contributed by atoms with Crippen LogP contribution in [0.25, 0.3) is 22.2 Å². The molecule has 0 spiro atoms. The Hall–Kier alpha value is -2.30. The minimum Gasteiger partial charge on any atom is -0.478 e. The fraction of sp³-hybridized carbons (Fsp3) is 0. The van der Waals surface area contributed by atoms with Gasteiger partial charge in [-0.1, -0.05) is 23.2 Å². The summed E-state index contributed by atoms with van der Waals surface area (Å²) in [6.07, 6.45) is 0. The van der Waals surface area contributed by atoms with Crippen molar-refractivity contribution >= 4 is 40.1 Å². The normalized spacial score (nSPS) is 10.8. The topological polar surface area (TPSA) is 70.2 Å². The van der Waals surface area contributed by atoms with Crippen LogP contribution in [0.1, 0.15) is 10.4 Å². The first-order valence-electron chi connectivity index (χ1n) is 6.31. The lowest BCUT2D eigenvalue weighted by molar-refractivity contribution is 0.0697. The molecule has 0 aliphatic rings. The van der Waals surface area contributed by atoms with Crippen molar-refractivity contribution in [2.24, 2.45) is 0 Å². The Balaban J connectivity index is 2.26. The number of aromatic nitrogens is 1. The molecular formula is C16H9Cl2NO3. The zero-order valence-corrected chi connectivity index (χ0v) is 12.6. The molecule has 0 saturated carbocycles. The van der Waals surface area contributed by atoms with Crippen LogP contribution in [0.15, 0.2) is 47.3 Å². The SMILES string of the molecule is O=C(O)c1ccc2[nH]c(-c3cc(Cl)ccc3Cl)cc(=O)c2c1. The van der Waals surface area contributed by atoms with Crippen LogP contribution in [0, 0.1) is 0 Å². The molecule has 4 nitrogen and oxygen atoms in total. The number of carboxylic acids is 1. The highest BCUT2D eigenvalue weighted by molar-refractivity contribution is 6.35.